The maximum atomic E-state index is 2.46. The van der Waals surface area contributed by atoms with Gasteiger partial charge in [0.1, 0.15) is 0 Å². The van der Waals surface area contributed by atoms with E-state index in [2.05, 4.69) is 27.7 Å². The number of hydrogen-bond acceptors (Lipinski definition) is 0. The van der Waals surface area contributed by atoms with Crippen LogP contribution in [0.4, 0.5) is 0 Å². The van der Waals surface area contributed by atoms with Crippen LogP contribution >= 0.6 is 0 Å². The van der Waals surface area contributed by atoms with Crippen molar-refractivity contribution in [2.24, 2.45) is 5.41 Å². The van der Waals surface area contributed by atoms with Crippen molar-refractivity contribution in [2.45, 2.75) is 86.5 Å². The molecule has 0 aromatic rings. The van der Waals surface area contributed by atoms with Crippen molar-refractivity contribution >= 4 is 0 Å². The molecule has 0 aliphatic rings. The minimum atomic E-state index is 0.645. The largest absolute Gasteiger partial charge is 0.0683 e. The second-order valence-corrected chi connectivity index (χ2v) is 4.37. The molecule has 0 bridgehead atoms. The highest BCUT2D eigenvalue weighted by atomic mass is 14.2. The molecule has 0 rings (SSSR count). The van der Waals surface area contributed by atoms with E-state index >= 15 is 0 Å². The van der Waals surface area contributed by atoms with Gasteiger partial charge in [-0.2, -0.15) is 0 Å². The average molecular weight is 200 g/mol. The molecular weight excluding hydrogens is 168 g/mol. The summed E-state index contributed by atoms with van der Waals surface area (Å²) in [6.07, 6.45) is 9.73. The minimum absolute atomic E-state index is 0.645. The summed E-state index contributed by atoms with van der Waals surface area (Å²) in [6.45, 7) is 13.4. The van der Waals surface area contributed by atoms with Gasteiger partial charge in [0.15, 0.2) is 0 Å². The molecule has 88 valence electrons. The van der Waals surface area contributed by atoms with Crippen LogP contribution in [0.15, 0.2) is 0 Å². The van der Waals surface area contributed by atoms with Gasteiger partial charge >= 0.3 is 0 Å². The summed E-state index contributed by atoms with van der Waals surface area (Å²) in [5, 5.41) is 0. The highest BCUT2D eigenvalue weighted by Crippen LogP contribution is 2.33. The lowest BCUT2D eigenvalue weighted by molar-refractivity contribution is 0.246. The summed E-state index contributed by atoms with van der Waals surface area (Å²) < 4.78 is 0. The zero-order valence-electron chi connectivity index (χ0n) is 11.4. The molecule has 0 aromatic carbocycles. The molecule has 0 radical (unpaired) electrons. The van der Waals surface area contributed by atoms with E-state index in [1.807, 2.05) is 13.8 Å². The Morgan fingerprint density at radius 3 is 1.36 bits per heavy atom. The Morgan fingerprint density at radius 2 is 1.14 bits per heavy atom. The summed E-state index contributed by atoms with van der Waals surface area (Å²) in [6, 6.07) is 0. The normalized spacial score (nSPS) is 10.7. The summed E-state index contributed by atoms with van der Waals surface area (Å²) in [4.78, 5) is 0. The Balaban J connectivity index is 0. The predicted octanol–water partition coefficient (Wildman–Crippen LogP) is 5.81. The van der Waals surface area contributed by atoms with E-state index in [0.717, 1.165) is 0 Å². The van der Waals surface area contributed by atoms with Crippen molar-refractivity contribution < 1.29 is 0 Å². The molecule has 0 saturated heterocycles. The van der Waals surface area contributed by atoms with Crippen molar-refractivity contribution in [2.75, 3.05) is 0 Å². The van der Waals surface area contributed by atoms with Gasteiger partial charge in [-0.05, 0) is 18.3 Å². The third-order valence-electron chi connectivity index (χ3n) is 3.12. The van der Waals surface area contributed by atoms with E-state index in [9.17, 15) is 0 Å². The van der Waals surface area contributed by atoms with Crippen LogP contribution in [0.5, 0.6) is 0 Å². The first-order valence-corrected chi connectivity index (χ1v) is 6.68. The fraction of sp³-hybridized carbons (Fsp3) is 1.00. The third-order valence-corrected chi connectivity index (χ3v) is 3.12. The van der Waals surface area contributed by atoms with Crippen LogP contribution in [0.25, 0.3) is 0 Å². The second-order valence-electron chi connectivity index (χ2n) is 4.37. The standard InChI is InChI=1S/C12H26.C2H6/c1-5-8-10-12(4,7-3)11-9-6-2;1-2/h5-11H2,1-4H3;1-2H3. The van der Waals surface area contributed by atoms with E-state index in [1.54, 1.807) is 0 Å². The van der Waals surface area contributed by atoms with Gasteiger partial charge in [0.25, 0.3) is 0 Å². The van der Waals surface area contributed by atoms with Gasteiger partial charge in [0, 0.05) is 0 Å². The lowest BCUT2D eigenvalue weighted by Gasteiger charge is -2.28. The molecule has 14 heavy (non-hydrogen) atoms. The molecule has 0 N–H and O–H groups in total. The Kier molecular flexibility index (Phi) is 13.0. The molecule has 0 aromatic heterocycles. The molecule has 0 spiro atoms. The first kappa shape index (κ1) is 16.4. The summed E-state index contributed by atoms with van der Waals surface area (Å²) >= 11 is 0. The van der Waals surface area contributed by atoms with Gasteiger partial charge in [-0.1, -0.05) is 73.6 Å². The molecule has 0 saturated carbocycles. The second kappa shape index (κ2) is 11.1. The first-order chi connectivity index (χ1) is 6.68. The van der Waals surface area contributed by atoms with Crippen molar-refractivity contribution in [1.29, 1.82) is 0 Å². The Bertz CT molecular complexity index is 86.2. The SMILES string of the molecule is CC.CCCCC(C)(CC)CCCC. The van der Waals surface area contributed by atoms with Gasteiger partial charge in [-0.3, -0.25) is 0 Å². The number of hydrogen-bond donors (Lipinski definition) is 0. The van der Waals surface area contributed by atoms with Crippen molar-refractivity contribution in [3.05, 3.63) is 0 Å². The summed E-state index contributed by atoms with van der Waals surface area (Å²) in [5.41, 5.74) is 0.645. The van der Waals surface area contributed by atoms with Crippen molar-refractivity contribution in [3.63, 3.8) is 0 Å². The van der Waals surface area contributed by atoms with Crippen LogP contribution in [0.3, 0.4) is 0 Å². The fourth-order valence-electron chi connectivity index (χ4n) is 1.69. The number of unbranched alkanes of at least 4 members (excludes halogenated alkanes) is 2. The molecule has 0 heterocycles. The van der Waals surface area contributed by atoms with E-state index in [1.165, 1.54) is 44.9 Å². The van der Waals surface area contributed by atoms with Gasteiger partial charge in [0.2, 0.25) is 0 Å². The Hall–Kier alpha value is 0. The maximum absolute atomic E-state index is 2.46. The van der Waals surface area contributed by atoms with E-state index in [-0.39, 0.29) is 0 Å². The lowest BCUT2D eigenvalue weighted by Crippen LogP contribution is -2.14. The first-order valence-electron chi connectivity index (χ1n) is 6.68. The highest BCUT2D eigenvalue weighted by molar-refractivity contribution is 4.72. The molecule has 0 aliphatic heterocycles. The van der Waals surface area contributed by atoms with Gasteiger partial charge in [-0.25, -0.2) is 0 Å². The zero-order valence-corrected chi connectivity index (χ0v) is 11.4. The van der Waals surface area contributed by atoms with Crippen LogP contribution in [0.2, 0.25) is 0 Å². The van der Waals surface area contributed by atoms with Crippen molar-refractivity contribution in [1.82, 2.24) is 0 Å². The van der Waals surface area contributed by atoms with Crippen LogP contribution in [-0.2, 0) is 0 Å². The van der Waals surface area contributed by atoms with E-state index in [4.69, 9.17) is 0 Å². The molecule has 0 heteroatoms. The third kappa shape index (κ3) is 8.59. The van der Waals surface area contributed by atoms with Crippen LogP contribution in [0, 0.1) is 5.41 Å². The van der Waals surface area contributed by atoms with Gasteiger partial charge < -0.3 is 0 Å². The predicted molar refractivity (Wildman–Crippen MR) is 68.8 cm³/mol. The van der Waals surface area contributed by atoms with E-state index in [0.29, 0.717) is 5.41 Å². The van der Waals surface area contributed by atoms with E-state index < -0.39 is 0 Å². The molecule has 0 atom stereocenters. The van der Waals surface area contributed by atoms with Crippen LogP contribution in [-0.4, -0.2) is 0 Å². The van der Waals surface area contributed by atoms with Gasteiger partial charge in [0.05, 0.1) is 0 Å². The van der Waals surface area contributed by atoms with Crippen LogP contribution in [0.1, 0.15) is 86.5 Å². The fourth-order valence-corrected chi connectivity index (χ4v) is 1.69. The highest BCUT2D eigenvalue weighted by Gasteiger charge is 2.19. The topological polar surface area (TPSA) is 0 Å². The van der Waals surface area contributed by atoms with Crippen molar-refractivity contribution in [3.8, 4) is 0 Å². The maximum Gasteiger partial charge on any atom is -0.0328 e. The zero-order chi connectivity index (χ0) is 11.4. The molecule has 0 unspecified atom stereocenters. The Labute approximate surface area is 92.5 Å². The minimum Gasteiger partial charge on any atom is -0.0683 e. The summed E-state index contributed by atoms with van der Waals surface area (Å²) in [5.74, 6) is 0. The smallest absolute Gasteiger partial charge is 0.0328 e. The van der Waals surface area contributed by atoms with Crippen LogP contribution < -0.4 is 0 Å². The lowest BCUT2D eigenvalue weighted by atomic mass is 9.78. The number of rotatable bonds is 7. The Morgan fingerprint density at radius 1 is 0.786 bits per heavy atom. The monoisotopic (exact) mass is 200 g/mol. The molecule has 0 fully saturated rings. The quantitative estimate of drug-likeness (QED) is 0.486. The average Bonchev–Trinajstić information content (AvgIpc) is 2.26. The molecule has 0 nitrogen and oxygen atoms in total. The summed E-state index contributed by atoms with van der Waals surface area (Å²) in [7, 11) is 0. The molecule has 0 amide bonds. The molecule has 0 aliphatic carbocycles. The molecular formula is C14H32. The van der Waals surface area contributed by atoms with Gasteiger partial charge in [-0.15, -0.1) is 0 Å².